The molecule has 3 rings (SSSR count). The molecule has 0 radical (unpaired) electrons. The van der Waals surface area contributed by atoms with Crippen LogP contribution < -0.4 is 15.4 Å². The van der Waals surface area contributed by atoms with Crippen LogP contribution in [0.4, 0.5) is 5.69 Å². The Kier molecular flexibility index (Phi) is 6.72. The fraction of sp³-hybridized carbons (Fsp3) is 0.619. The predicted molar refractivity (Wildman–Crippen MR) is 104 cm³/mol. The smallest absolute Gasteiger partial charge is 0.227 e. The Balaban J connectivity index is 1.46. The lowest BCUT2D eigenvalue weighted by Gasteiger charge is -2.27. The highest BCUT2D eigenvalue weighted by atomic mass is 16.5. The predicted octanol–water partition coefficient (Wildman–Crippen LogP) is 3.04. The van der Waals surface area contributed by atoms with Crippen LogP contribution >= 0.6 is 0 Å². The minimum Gasteiger partial charge on any atom is -0.495 e. The molecule has 148 valence electrons. The van der Waals surface area contributed by atoms with Gasteiger partial charge in [-0.05, 0) is 63.1 Å². The molecule has 6 heteroatoms. The van der Waals surface area contributed by atoms with Gasteiger partial charge in [-0.2, -0.15) is 0 Å². The lowest BCUT2D eigenvalue weighted by molar-refractivity contribution is -0.128. The van der Waals surface area contributed by atoms with Crippen molar-refractivity contribution in [2.45, 2.75) is 51.6 Å². The van der Waals surface area contributed by atoms with Crippen molar-refractivity contribution in [1.29, 1.82) is 0 Å². The van der Waals surface area contributed by atoms with Gasteiger partial charge in [0, 0.05) is 25.0 Å². The average Bonchev–Trinajstić information content (AvgIpc) is 3.20. The van der Waals surface area contributed by atoms with Gasteiger partial charge in [0.15, 0.2) is 0 Å². The molecule has 0 spiro atoms. The summed E-state index contributed by atoms with van der Waals surface area (Å²) in [5.41, 5.74) is 1.77. The molecule has 2 N–H and O–H groups in total. The Morgan fingerprint density at radius 3 is 2.44 bits per heavy atom. The summed E-state index contributed by atoms with van der Waals surface area (Å²) in [5.74, 6) is 0.722. The average molecular weight is 374 g/mol. The van der Waals surface area contributed by atoms with E-state index < -0.39 is 0 Å². The van der Waals surface area contributed by atoms with Crippen LogP contribution in [0.1, 0.15) is 44.1 Å². The molecule has 1 saturated heterocycles. The zero-order valence-corrected chi connectivity index (χ0v) is 16.3. The second-order valence-electron chi connectivity index (χ2n) is 7.62. The fourth-order valence-corrected chi connectivity index (χ4v) is 3.94. The van der Waals surface area contributed by atoms with Crippen LogP contribution in [0.25, 0.3) is 0 Å². The van der Waals surface area contributed by atoms with E-state index in [4.69, 9.17) is 9.47 Å². The molecular formula is C21H30N2O4. The molecule has 27 heavy (non-hydrogen) atoms. The summed E-state index contributed by atoms with van der Waals surface area (Å²) in [7, 11) is 1.60. The second kappa shape index (κ2) is 9.22. The summed E-state index contributed by atoms with van der Waals surface area (Å²) in [6.45, 7) is 3.38. The van der Waals surface area contributed by atoms with Gasteiger partial charge in [0.2, 0.25) is 11.8 Å². The van der Waals surface area contributed by atoms with Crippen LogP contribution in [0.2, 0.25) is 0 Å². The molecule has 1 aliphatic carbocycles. The van der Waals surface area contributed by atoms with Crippen molar-refractivity contribution in [2.75, 3.05) is 25.6 Å². The highest BCUT2D eigenvalue weighted by molar-refractivity contribution is 5.94. The highest BCUT2D eigenvalue weighted by Crippen LogP contribution is 2.31. The van der Waals surface area contributed by atoms with Crippen molar-refractivity contribution in [3.63, 3.8) is 0 Å². The summed E-state index contributed by atoms with van der Waals surface area (Å²) < 4.78 is 10.9. The molecule has 6 nitrogen and oxygen atoms in total. The number of aryl methyl sites for hydroxylation is 1. The van der Waals surface area contributed by atoms with Gasteiger partial charge in [-0.25, -0.2) is 0 Å². The zero-order chi connectivity index (χ0) is 19.2. The molecule has 1 atom stereocenters. The molecule has 0 bridgehead atoms. The molecule has 1 unspecified atom stereocenters. The van der Waals surface area contributed by atoms with Crippen molar-refractivity contribution in [3.8, 4) is 5.75 Å². The van der Waals surface area contributed by atoms with Crippen LogP contribution in [0.5, 0.6) is 5.75 Å². The first-order valence-corrected chi connectivity index (χ1v) is 9.91. The van der Waals surface area contributed by atoms with Crippen LogP contribution in [0.3, 0.4) is 0 Å². The Hall–Kier alpha value is -2.08. The first-order valence-electron chi connectivity index (χ1n) is 9.91. The molecule has 1 aromatic rings. The van der Waals surface area contributed by atoms with Gasteiger partial charge in [-0.3, -0.25) is 9.59 Å². The third-order valence-corrected chi connectivity index (χ3v) is 5.61. The van der Waals surface area contributed by atoms with Crippen LogP contribution in [0.15, 0.2) is 18.2 Å². The maximum atomic E-state index is 12.6. The molecule has 1 saturated carbocycles. The molecule has 2 aliphatic rings. The number of rotatable bonds is 6. The molecule has 1 heterocycles. The third kappa shape index (κ3) is 5.22. The number of nitrogens with one attached hydrogen (secondary N) is 2. The lowest BCUT2D eigenvalue weighted by Crippen LogP contribution is -2.38. The van der Waals surface area contributed by atoms with E-state index in [2.05, 4.69) is 10.6 Å². The van der Waals surface area contributed by atoms with Gasteiger partial charge in [-0.1, -0.05) is 6.07 Å². The van der Waals surface area contributed by atoms with Gasteiger partial charge in [0.1, 0.15) is 5.75 Å². The van der Waals surface area contributed by atoms with Crippen molar-refractivity contribution in [1.82, 2.24) is 5.32 Å². The quantitative estimate of drug-likeness (QED) is 0.802. The van der Waals surface area contributed by atoms with Gasteiger partial charge in [0.05, 0.1) is 18.9 Å². The molecule has 1 aliphatic heterocycles. The number of carbonyl (C=O) groups is 2. The van der Waals surface area contributed by atoms with Gasteiger partial charge in [-0.15, -0.1) is 0 Å². The van der Waals surface area contributed by atoms with Gasteiger partial charge in [0.25, 0.3) is 0 Å². The number of amides is 2. The summed E-state index contributed by atoms with van der Waals surface area (Å²) in [6, 6.07) is 5.73. The van der Waals surface area contributed by atoms with Crippen molar-refractivity contribution in [2.24, 2.45) is 11.8 Å². The second-order valence-corrected chi connectivity index (χ2v) is 7.62. The topological polar surface area (TPSA) is 76.7 Å². The van der Waals surface area contributed by atoms with E-state index in [1.54, 1.807) is 7.11 Å². The van der Waals surface area contributed by atoms with E-state index in [1.165, 1.54) is 0 Å². The standard InChI is InChI=1S/C21H30N2O4/c1-14-5-10-19(26-2)18(12-14)23-21(25)16-8-6-15(7-9-16)20(24)22-13-17-4-3-11-27-17/h5,10,12,15-17H,3-4,6-9,11,13H2,1-2H3,(H,22,24)(H,23,25). The first-order chi connectivity index (χ1) is 13.1. The number of ether oxygens (including phenoxy) is 2. The van der Waals surface area contributed by atoms with E-state index in [0.717, 1.165) is 50.7 Å². The molecule has 1 aromatic carbocycles. The van der Waals surface area contributed by atoms with Crippen molar-refractivity contribution >= 4 is 17.5 Å². The lowest BCUT2D eigenvalue weighted by atomic mass is 9.81. The van der Waals surface area contributed by atoms with Gasteiger partial charge < -0.3 is 20.1 Å². The Bertz CT molecular complexity index is 662. The van der Waals surface area contributed by atoms with Crippen LogP contribution in [-0.2, 0) is 14.3 Å². The van der Waals surface area contributed by atoms with E-state index in [-0.39, 0.29) is 29.8 Å². The minimum atomic E-state index is -0.0579. The van der Waals surface area contributed by atoms with E-state index in [0.29, 0.717) is 18.0 Å². The van der Waals surface area contributed by atoms with Crippen molar-refractivity contribution < 1.29 is 19.1 Å². The number of methoxy groups -OCH3 is 1. The fourth-order valence-electron chi connectivity index (χ4n) is 3.94. The zero-order valence-electron chi connectivity index (χ0n) is 16.3. The minimum absolute atomic E-state index is 0.00367. The molecule has 2 amide bonds. The SMILES string of the molecule is COc1ccc(C)cc1NC(=O)C1CCC(C(=O)NCC2CCCO2)CC1. The van der Waals surface area contributed by atoms with E-state index in [9.17, 15) is 9.59 Å². The van der Waals surface area contributed by atoms with Crippen LogP contribution in [0, 0.1) is 18.8 Å². The van der Waals surface area contributed by atoms with Crippen LogP contribution in [-0.4, -0.2) is 38.2 Å². The third-order valence-electron chi connectivity index (χ3n) is 5.61. The van der Waals surface area contributed by atoms with Gasteiger partial charge >= 0.3 is 0 Å². The molecular weight excluding hydrogens is 344 g/mol. The number of hydrogen-bond donors (Lipinski definition) is 2. The number of anilines is 1. The largest absolute Gasteiger partial charge is 0.495 e. The highest BCUT2D eigenvalue weighted by Gasteiger charge is 2.30. The molecule has 0 aromatic heterocycles. The van der Waals surface area contributed by atoms with E-state index >= 15 is 0 Å². The van der Waals surface area contributed by atoms with E-state index in [1.807, 2.05) is 25.1 Å². The molecule has 2 fully saturated rings. The number of carbonyl (C=O) groups excluding carboxylic acids is 2. The Morgan fingerprint density at radius 1 is 1.11 bits per heavy atom. The summed E-state index contributed by atoms with van der Waals surface area (Å²) in [6.07, 6.45) is 5.24. The Morgan fingerprint density at radius 2 is 1.81 bits per heavy atom. The maximum absolute atomic E-state index is 12.6. The normalized spacial score (nSPS) is 25.0. The number of benzene rings is 1. The maximum Gasteiger partial charge on any atom is 0.227 e. The first kappa shape index (κ1) is 19.7. The summed E-state index contributed by atoms with van der Waals surface area (Å²) >= 11 is 0. The number of hydrogen-bond acceptors (Lipinski definition) is 4. The monoisotopic (exact) mass is 374 g/mol. The Labute approximate surface area is 161 Å². The summed E-state index contributed by atoms with van der Waals surface area (Å²) in [4.78, 5) is 25.0. The summed E-state index contributed by atoms with van der Waals surface area (Å²) in [5, 5.41) is 6.02. The van der Waals surface area contributed by atoms with Crippen molar-refractivity contribution in [3.05, 3.63) is 23.8 Å².